The summed E-state index contributed by atoms with van der Waals surface area (Å²) in [4.78, 5) is 0. The Morgan fingerprint density at radius 1 is 0.600 bits per heavy atom. The minimum absolute atomic E-state index is 0.683. The molecule has 15 heavy (non-hydrogen) atoms. The topological polar surface area (TPSA) is 0 Å². The summed E-state index contributed by atoms with van der Waals surface area (Å²) in [5.41, 5.74) is 2.93. The first-order chi connectivity index (χ1) is 7.45. The molecule has 0 saturated carbocycles. The second-order valence-electron chi connectivity index (χ2n) is 3.46. The van der Waals surface area contributed by atoms with Gasteiger partial charge in [-0.25, -0.2) is 0 Å². The molecule has 76 valence electrons. The van der Waals surface area contributed by atoms with E-state index < -0.39 is 0 Å². The van der Waals surface area contributed by atoms with Crippen LogP contribution in [0, 0.1) is 0 Å². The van der Waals surface area contributed by atoms with Crippen LogP contribution in [0.2, 0.25) is 0 Å². The molecule has 0 fully saturated rings. The van der Waals surface area contributed by atoms with E-state index in [1.54, 1.807) is 0 Å². The van der Waals surface area contributed by atoms with E-state index in [1.165, 1.54) is 21.8 Å². The Hall–Kier alpha value is -1.04. The second-order valence-corrected chi connectivity index (χ2v) is 5.53. The maximum absolute atomic E-state index is 2.22. The fourth-order valence-electron chi connectivity index (χ4n) is 1.44. The van der Waals surface area contributed by atoms with Gasteiger partial charge in [0.05, 0.1) is 0 Å². The molecule has 0 spiro atoms. The molecule has 0 aliphatic carbocycles. The van der Waals surface area contributed by atoms with Gasteiger partial charge in [-0.15, -0.1) is 0 Å². The molecular weight excluding hydrogens is 247 g/mol. The summed E-state index contributed by atoms with van der Waals surface area (Å²) in [5, 5.41) is 2.48. The molecule has 0 aliphatic rings. The Morgan fingerprint density at radius 2 is 1.00 bits per heavy atom. The van der Waals surface area contributed by atoms with Crippen LogP contribution in [0.5, 0.6) is 0 Å². The van der Waals surface area contributed by atoms with E-state index in [4.69, 9.17) is 0 Å². The quantitative estimate of drug-likeness (QED) is 0.742. The predicted molar refractivity (Wildman–Crippen MR) is 66.0 cm³/mol. The summed E-state index contributed by atoms with van der Waals surface area (Å²) in [6.45, 7) is 0. The zero-order valence-corrected chi connectivity index (χ0v) is 10.3. The van der Waals surface area contributed by atoms with E-state index in [0.29, 0.717) is 15.0 Å². The summed E-state index contributed by atoms with van der Waals surface area (Å²) in [6, 6.07) is 21.5. The van der Waals surface area contributed by atoms with Crippen LogP contribution in [0.4, 0.5) is 0 Å². The Kier molecular flexibility index (Phi) is 4.01. The molecule has 2 rings (SSSR count). The van der Waals surface area contributed by atoms with E-state index in [1.807, 2.05) is 0 Å². The molecule has 1 heteroatoms. The molecule has 0 heterocycles. The van der Waals surface area contributed by atoms with Crippen molar-refractivity contribution < 1.29 is 0 Å². The van der Waals surface area contributed by atoms with Gasteiger partial charge in [0, 0.05) is 0 Å². The van der Waals surface area contributed by atoms with E-state index in [9.17, 15) is 0 Å². The summed E-state index contributed by atoms with van der Waals surface area (Å²) < 4.78 is 0. The van der Waals surface area contributed by atoms with Crippen molar-refractivity contribution in [2.45, 2.75) is 10.6 Å². The van der Waals surface area contributed by atoms with Crippen molar-refractivity contribution in [1.82, 2.24) is 0 Å². The van der Waals surface area contributed by atoms with E-state index in [-0.39, 0.29) is 0 Å². The fourth-order valence-corrected chi connectivity index (χ4v) is 3.45. The van der Waals surface area contributed by atoms with Crippen molar-refractivity contribution in [3.05, 3.63) is 71.8 Å². The summed E-state index contributed by atoms with van der Waals surface area (Å²) in [6.07, 6.45) is 0. The van der Waals surface area contributed by atoms with E-state index >= 15 is 0 Å². The average Bonchev–Trinajstić information content (AvgIpc) is 2.32. The molecule has 0 saturated heterocycles. The van der Waals surface area contributed by atoms with Gasteiger partial charge in [0.25, 0.3) is 0 Å². The molecule has 0 N–H and O–H groups in total. The Bertz CT molecular complexity index is 341. The van der Waals surface area contributed by atoms with Gasteiger partial charge in [-0.2, -0.15) is 0 Å². The normalized spacial score (nSPS) is 10.1. The average molecular weight is 261 g/mol. The van der Waals surface area contributed by atoms with Gasteiger partial charge in [-0.1, -0.05) is 0 Å². The maximum atomic E-state index is 2.22. The molecule has 0 atom stereocenters. The molecule has 0 bridgehead atoms. The third-order valence-corrected chi connectivity index (χ3v) is 4.48. The van der Waals surface area contributed by atoms with Gasteiger partial charge < -0.3 is 0 Å². The Balaban J connectivity index is 1.81. The summed E-state index contributed by atoms with van der Waals surface area (Å²) >= 11 is 0.683. The first-order valence-electron chi connectivity index (χ1n) is 5.11. The number of hydrogen-bond donors (Lipinski definition) is 0. The van der Waals surface area contributed by atoms with Crippen molar-refractivity contribution in [3.8, 4) is 0 Å². The van der Waals surface area contributed by atoms with Crippen LogP contribution in [-0.4, -0.2) is 15.0 Å². The van der Waals surface area contributed by atoms with Crippen LogP contribution in [0.3, 0.4) is 0 Å². The van der Waals surface area contributed by atoms with Crippen molar-refractivity contribution in [1.29, 1.82) is 0 Å². The second kappa shape index (κ2) is 5.75. The first-order valence-corrected chi connectivity index (χ1v) is 7.53. The van der Waals surface area contributed by atoms with Crippen molar-refractivity contribution in [3.63, 3.8) is 0 Å². The van der Waals surface area contributed by atoms with Gasteiger partial charge in [0.1, 0.15) is 0 Å². The van der Waals surface area contributed by atoms with Crippen LogP contribution in [0.15, 0.2) is 60.7 Å². The molecule has 0 unspecified atom stereocenters. The van der Waals surface area contributed by atoms with Gasteiger partial charge >= 0.3 is 97.4 Å². The summed E-state index contributed by atoms with van der Waals surface area (Å²) in [7, 11) is 0. The molecule has 0 amide bonds. The fraction of sp³-hybridized carbons (Fsp3) is 0.143. The van der Waals surface area contributed by atoms with Crippen molar-refractivity contribution >= 4 is 15.0 Å². The zero-order valence-electron chi connectivity index (χ0n) is 8.60. The van der Waals surface area contributed by atoms with Crippen LogP contribution >= 0.6 is 0 Å². The van der Waals surface area contributed by atoms with Gasteiger partial charge in [-0.05, 0) is 0 Å². The molecule has 0 radical (unpaired) electrons. The van der Waals surface area contributed by atoms with Crippen molar-refractivity contribution in [2.75, 3.05) is 0 Å². The van der Waals surface area contributed by atoms with Crippen LogP contribution in [0.25, 0.3) is 0 Å². The van der Waals surface area contributed by atoms with Gasteiger partial charge in [0.2, 0.25) is 0 Å². The number of benzene rings is 2. The van der Waals surface area contributed by atoms with Crippen LogP contribution in [0.1, 0.15) is 11.1 Å². The molecule has 2 aromatic rings. The Labute approximate surface area is 97.5 Å². The first kappa shape index (κ1) is 10.5. The van der Waals surface area contributed by atoms with Crippen LogP contribution < -0.4 is 0 Å². The third kappa shape index (κ3) is 3.54. The van der Waals surface area contributed by atoms with Crippen molar-refractivity contribution in [2.24, 2.45) is 0 Å². The standard InChI is InChI=1S/C14H14Se/c1-3-7-13(8-4-1)11-15-12-14-9-5-2-6-10-14/h1-10H,11-12H2. The molecular formula is C14H14Se. The third-order valence-electron chi connectivity index (χ3n) is 2.22. The molecule has 0 aliphatic heterocycles. The predicted octanol–water partition coefficient (Wildman–Crippen LogP) is 3.09. The van der Waals surface area contributed by atoms with Gasteiger partial charge in [0.15, 0.2) is 0 Å². The van der Waals surface area contributed by atoms with Crippen LogP contribution in [-0.2, 0) is 10.6 Å². The summed E-state index contributed by atoms with van der Waals surface area (Å²) in [5.74, 6) is 0. The van der Waals surface area contributed by atoms with E-state index in [0.717, 1.165) is 0 Å². The monoisotopic (exact) mass is 262 g/mol. The zero-order chi connectivity index (χ0) is 10.3. The molecule has 2 aromatic carbocycles. The number of hydrogen-bond acceptors (Lipinski definition) is 0. The number of rotatable bonds is 4. The SMILES string of the molecule is c1ccc(C[Se]Cc2ccccc2)cc1. The minimum atomic E-state index is 0.683. The Morgan fingerprint density at radius 3 is 1.40 bits per heavy atom. The molecule has 0 nitrogen and oxygen atoms in total. The molecule has 0 aromatic heterocycles. The van der Waals surface area contributed by atoms with E-state index in [2.05, 4.69) is 60.7 Å². The van der Waals surface area contributed by atoms with Gasteiger partial charge in [-0.3, -0.25) is 0 Å².